The molecule has 0 fully saturated rings. The first kappa shape index (κ1) is 9.82. The molecule has 0 unspecified atom stereocenters. The van der Waals surface area contributed by atoms with Crippen molar-refractivity contribution in [1.82, 2.24) is 5.32 Å². The highest BCUT2D eigenvalue weighted by molar-refractivity contribution is 7.99. The molecule has 3 heteroatoms. The quantitative estimate of drug-likeness (QED) is 0.615. The fourth-order valence-electron chi connectivity index (χ4n) is 0.587. The van der Waals surface area contributed by atoms with Gasteiger partial charge in [-0.05, 0) is 12.7 Å². The maximum Gasteiger partial charge on any atom is 0.229 e. The van der Waals surface area contributed by atoms with Crippen molar-refractivity contribution in [3.63, 3.8) is 0 Å². The molecule has 0 aliphatic heterocycles. The van der Waals surface area contributed by atoms with Gasteiger partial charge in [0.05, 0.1) is 5.75 Å². The highest BCUT2D eigenvalue weighted by Crippen LogP contribution is 1.89. The first-order valence-electron chi connectivity index (χ1n) is 3.57. The maximum atomic E-state index is 10.8. The summed E-state index contributed by atoms with van der Waals surface area (Å²) in [5.74, 6) is 0.741. The van der Waals surface area contributed by atoms with Crippen molar-refractivity contribution in [2.75, 3.05) is 18.6 Å². The van der Waals surface area contributed by atoms with Crippen LogP contribution in [0.3, 0.4) is 0 Å². The molecule has 60 valence electrons. The second-order valence-corrected chi connectivity index (χ2v) is 3.00. The van der Waals surface area contributed by atoms with E-state index in [4.69, 9.17) is 0 Å². The van der Waals surface area contributed by atoms with Crippen molar-refractivity contribution < 1.29 is 4.79 Å². The minimum absolute atomic E-state index is 0.154. The normalized spacial score (nSPS) is 9.40. The lowest BCUT2D eigenvalue weighted by Gasteiger charge is -2.00. The number of carbonyl (C=O) groups excluding carboxylic acids is 1. The summed E-state index contributed by atoms with van der Waals surface area (Å²) in [5.41, 5.74) is 0. The molecule has 0 aromatic carbocycles. The number of nitrogens with one attached hydrogen (secondary N) is 1. The number of hydrogen-bond donors (Lipinski definition) is 1. The highest BCUT2D eigenvalue weighted by atomic mass is 32.2. The molecule has 0 aromatic heterocycles. The van der Waals surface area contributed by atoms with Gasteiger partial charge in [-0.15, -0.1) is 0 Å². The molecule has 0 aliphatic rings. The number of rotatable bonds is 5. The Labute approximate surface area is 66.8 Å². The molecule has 0 aromatic rings. The molecule has 0 aliphatic carbocycles. The van der Waals surface area contributed by atoms with E-state index in [2.05, 4.69) is 12.2 Å². The summed E-state index contributed by atoms with van der Waals surface area (Å²) in [6, 6.07) is 0. The van der Waals surface area contributed by atoms with Crippen LogP contribution in [0.15, 0.2) is 0 Å². The number of carbonyl (C=O) groups is 1. The molecule has 10 heavy (non-hydrogen) atoms. The van der Waals surface area contributed by atoms with E-state index in [1.54, 1.807) is 11.8 Å². The summed E-state index contributed by atoms with van der Waals surface area (Å²) in [7, 11) is 0. The molecule has 0 saturated heterocycles. The highest BCUT2D eigenvalue weighted by Gasteiger charge is 1.95. The summed E-state index contributed by atoms with van der Waals surface area (Å²) in [6.45, 7) is 2.94. The molecule has 0 heterocycles. The van der Waals surface area contributed by atoms with Gasteiger partial charge >= 0.3 is 0 Å². The van der Waals surface area contributed by atoms with Gasteiger partial charge in [0.2, 0.25) is 5.91 Å². The largest absolute Gasteiger partial charge is 0.355 e. The number of amides is 1. The van der Waals surface area contributed by atoms with Crippen molar-refractivity contribution in [2.45, 2.75) is 19.8 Å². The van der Waals surface area contributed by atoms with E-state index in [9.17, 15) is 4.79 Å². The molecule has 0 atom stereocenters. The van der Waals surface area contributed by atoms with E-state index in [0.29, 0.717) is 5.75 Å². The third kappa shape index (κ3) is 5.95. The lowest BCUT2D eigenvalue weighted by atomic mass is 10.3. The zero-order chi connectivity index (χ0) is 7.82. The van der Waals surface area contributed by atoms with Gasteiger partial charge in [0.15, 0.2) is 0 Å². The van der Waals surface area contributed by atoms with Crippen LogP contribution in [0.25, 0.3) is 0 Å². The lowest BCUT2D eigenvalue weighted by molar-refractivity contribution is -0.118. The summed E-state index contributed by atoms with van der Waals surface area (Å²) in [4.78, 5) is 10.8. The summed E-state index contributed by atoms with van der Waals surface area (Å²) in [5, 5.41) is 2.82. The minimum Gasteiger partial charge on any atom is -0.355 e. The van der Waals surface area contributed by atoms with Crippen LogP contribution in [0.4, 0.5) is 0 Å². The third-order valence-corrected chi connectivity index (χ3v) is 1.68. The van der Waals surface area contributed by atoms with Crippen LogP contribution in [-0.2, 0) is 4.79 Å². The molecule has 1 amide bonds. The molecule has 0 saturated carbocycles. The predicted octanol–water partition coefficient (Wildman–Crippen LogP) is 1.27. The average molecular weight is 161 g/mol. The van der Waals surface area contributed by atoms with Gasteiger partial charge in [-0.1, -0.05) is 13.3 Å². The number of hydrogen-bond acceptors (Lipinski definition) is 2. The van der Waals surface area contributed by atoms with E-state index in [1.165, 1.54) is 0 Å². The van der Waals surface area contributed by atoms with Gasteiger partial charge in [-0.3, -0.25) is 4.79 Å². The van der Waals surface area contributed by atoms with Gasteiger partial charge in [-0.2, -0.15) is 11.8 Å². The Hall–Kier alpha value is -0.180. The monoisotopic (exact) mass is 161 g/mol. The van der Waals surface area contributed by atoms with Crippen molar-refractivity contribution in [3.05, 3.63) is 0 Å². The minimum atomic E-state index is 0.154. The molecule has 1 N–H and O–H groups in total. The zero-order valence-corrected chi connectivity index (χ0v) is 7.46. The SMILES string of the molecule is CCCCNC(=O)CSC. The van der Waals surface area contributed by atoms with Crippen LogP contribution >= 0.6 is 11.8 Å². The molecule has 0 rings (SSSR count). The molecule has 2 nitrogen and oxygen atoms in total. The predicted molar refractivity (Wildman–Crippen MR) is 46.3 cm³/mol. The van der Waals surface area contributed by atoms with Crippen molar-refractivity contribution in [2.24, 2.45) is 0 Å². The number of unbranched alkanes of at least 4 members (excludes halogenated alkanes) is 1. The third-order valence-electron chi connectivity index (χ3n) is 1.13. The second kappa shape index (κ2) is 6.93. The summed E-state index contributed by atoms with van der Waals surface area (Å²) < 4.78 is 0. The van der Waals surface area contributed by atoms with E-state index < -0.39 is 0 Å². The van der Waals surface area contributed by atoms with Crippen molar-refractivity contribution in [1.29, 1.82) is 0 Å². The Morgan fingerprint density at radius 2 is 2.30 bits per heavy atom. The van der Waals surface area contributed by atoms with E-state index in [-0.39, 0.29) is 5.91 Å². The van der Waals surface area contributed by atoms with Crippen LogP contribution in [0, 0.1) is 0 Å². The molecular weight excluding hydrogens is 146 g/mol. The molecule has 0 radical (unpaired) electrons. The van der Waals surface area contributed by atoms with Crippen LogP contribution in [0.1, 0.15) is 19.8 Å². The molecule has 0 bridgehead atoms. The fourth-order valence-corrected chi connectivity index (χ4v) is 0.951. The van der Waals surface area contributed by atoms with Crippen LogP contribution in [0.5, 0.6) is 0 Å². The first-order valence-corrected chi connectivity index (χ1v) is 4.96. The van der Waals surface area contributed by atoms with Crippen LogP contribution in [0.2, 0.25) is 0 Å². The van der Waals surface area contributed by atoms with Gasteiger partial charge in [0, 0.05) is 6.54 Å². The Kier molecular flexibility index (Phi) is 6.81. The van der Waals surface area contributed by atoms with E-state index >= 15 is 0 Å². The standard InChI is InChI=1S/C7H15NOS/c1-3-4-5-8-7(9)6-10-2/h3-6H2,1-2H3,(H,8,9). The van der Waals surface area contributed by atoms with Gasteiger partial charge in [0.1, 0.15) is 0 Å². The van der Waals surface area contributed by atoms with Gasteiger partial charge < -0.3 is 5.32 Å². The van der Waals surface area contributed by atoms with E-state index in [1.807, 2.05) is 6.26 Å². The number of thioether (sulfide) groups is 1. The second-order valence-electron chi connectivity index (χ2n) is 2.14. The molecular formula is C7H15NOS. The van der Waals surface area contributed by atoms with Crippen molar-refractivity contribution >= 4 is 17.7 Å². The average Bonchev–Trinajstić information content (AvgIpc) is 1.89. The fraction of sp³-hybridized carbons (Fsp3) is 0.857. The van der Waals surface area contributed by atoms with E-state index in [0.717, 1.165) is 19.4 Å². The summed E-state index contributed by atoms with van der Waals surface area (Å²) >= 11 is 1.56. The Bertz CT molecular complexity index is 95.6. The first-order chi connectivity index (χ1) is 4.81. The van der Waals surface area contributed by atoms with Crippen LogP contribution < -0.4 is 5.32 Å². The van der Waals surface area contributed by atoms with Crippen molar-refractivity contribution in [3.8, 4) is 0 Å². The van der Waals surface area contributed by atoms with Crippen LogP contribution in [-0.4, -0.2) is 24.5 Å². The van der Waals surface area contributed by atoms with Gasteiger partial charge in [0.25, 0.3) is 0 Å². The van der Waals surface area contributed by atoms with Gasteiger partial charge in [-0.25, -0.2) is 0 Å². The summed E-state index contributed by atoms with van der Waals surface area (Å²) in [6.07, 6.45) is 4.15. The smallest absolute Gasteiger partial charge is 0.229 e. The Morgan fingerprint density at radius 1 is 1.60 bits per heavy atom. The molecule has 0 spiro atoms. The Morgan fingerprint density at radius 3 is 2.80 bits per heavy atom. The zero-order valence-electron chi connectivity index (χ0n) is 6.64. The lowest BCUT2D eigenvalue weighted by Crippen LogP contribution is -2.25. The Balaban J connectivity index is 3.05. The topological polar surface area (TPSA) is 29.1 Å². The maximum absolute atomic E-state index is 10.8.